The molecule has 192 valence electrons. The van der Waals surface area contributed by atoms with E-state index in [0.717, 1.165) is 55.7 Å². The van der Waals surface area contributed by atoms with Gasteiger partial charge in [-0.2, -0.15) is 4.98 Å². The highest BCUT2D eigenvalue weighted by Crippen LogP contribution is 2.40. The standard InChI is InChI=1S/C26H34N8O.BrH/c1-18(2)32-10-12-33(13-11-32)20-6-7-22(27-16-20)30-25-28-15-19-14-21-24(35)29-17-26(8-4-3-5-9-26)34(21)23(19)31-25;/h6-7,14-16,18H,3-5,8-13,17H2,1-2H3,(H,29,35)(H,27,28,30,31);1H. The number of pyridine rings is 1. The summed E-state index contributed by atoms with van der Waals surface area (Å²) >= 11 is 0. The number of rotatable bonds is 4. The second-order valence-corrected chi connectivity index (χ2v) is 10.4. The molecule has 1 aliphatic carbocycles. The second-order valence-electron chi connectivity index (χ2n) is 10.4. The third kappa shape index (κ3) is 4.45. The van der Waals surface area contributed by atoms with Crippen LogP contribution in [0, 0.1) is 0 Å². The first kappa shape index (κ1) is 25.0. The monoisotopic (exact) mass is 554 g/mol. The lowest BCUT2D eigenvalue weighted by Gasteiger charge is -2.42. The van der Waals surface area contributed by atoms with E-state index in [9.17, 15) is 4.79 Å². The van der Waals surface area contributed by atoms with E-state index in [2.05, 4.69) is 54.9 Å². The fourth-order valence-electron chi connectivity index (χ4n) is 5.98. The number of nitrogens with one attached hydrogen (secondary N) is 2. The minimum Gasteiger partial charge on any atom is -0.368 e. The molecule has 10 heteroatoms. The van der Waals surface area contributed by atoms with Gasteiger partial charge in [0.15, 0.2) is 0 Å². The van der Waals surface area contributed by atoms with Crippen LogP contribution in [0.2, 0.25) is 0 Å². The Kier molecular flexibility index (Phi) is 6.91. The lowest BCUT2D eigenvalue weighted by Crippen LogP contribution is -2.52. The summed E-state index contributed by atoms with van der Waals surface area (Å²) in [6.07, 6.45) is 9.45. The summed E-state index contributed by atoms with van der Waals surface area (Å²) in [5.41, 5.74) is 2.57. The Bertz CT molecular complexity index is 1230. The molecule has 36 heavy (non-hydrogen) atoms. The zero-order valence-electron chi connectivity index (χ0n) is 21.0. The zero-order valence-corrected chi connectivity index (χ0v) is 22.7. The summed E-state index contributed by atoms with van der Waals surface area (Å²) in [5, 5.41) is 7.29. The van der Waals surface area contributed by atoms with Crippen LogP contribution < -0.4 is 15.5 Å². The molecule has 0 aromatic carbocycles. The van der Waals surface area contributed by atoms with Crippen LogP contribution >= 0.6 is 17.0 Å². The molecule has 2 aliphatic heterocycles. The van der Waals surface area contributed by atoms with Gasteiger partial charge in [-0.05, 0) is 44.9 Å². The van der Waals surface area contributed by atoms with Crippen LogP contribution in [-0.4, -0.2) is 69.1 Å². The number of anilines is 3. The third-order valence-corrected chi connectivity index (χ3v) is 8.01. The van der Waals surface area contributed by atoms with Crippen LogP contribution in [-0.2, 0) is 5.54 Å². The molecule has 2 fully saturated rings. The molecule has 9 nitrogen and oxygen atoms in total. The Labute approximate surface area is 222 Å². The van der Waals surface area contributed by atoms with Gasteiger partial charge in [-0.25, -0.2) is 9.97 Å². The Morgan fingerprint density at radius 1 is 1.03 bits per heavy atom. The topological polar surface area (TPSA) is 91.2 Å². The highest BCUT2D eigenvalue weighted by Gasteiger charge is 2.41. The molecule has 2 N–H and O–H groups in total. The molecular formula is C26H35BrN8O. The quantitative estimate of drug-likeness (QED) is 0.502. The summed E-state index contributed by atoms with van der Waals surface area (Å²) in [4.78, 5) is 31.6. The van der Waals surface area contributed by atoms with Crippen LogP contribution in [0.5, 0.6) is 0 Å². The molecule has 0 atom stereocenters. The fraction of sp³-hybridized carbons (Fsp3) is 0.538. The maximum Gasteiger partial charge on any atom is 0.268 e. The molecule has 0 bridgehead atoms. The molecule has 0 unspecified atom stereocenters. The minimum atomic E-state index is -0.0889. The Hall–Kier alpha value is -2.72. The van der Waals surface area contributed by atoms with Crippen molar-refractivity contribution in [2.45, 2.75) is 57.5 Å². The average molecular weight is 556 g/mol. The molecule has 3 aliphatic rings. The first-order valence-electron chi connectivity index (χ1n) is 12.9. The summed E-state index contributed by atoms with van der Waals surface area (Å²) in [6, 6.07) is 6.62. The maximum absolute atomic E-state index is 12.7. The van der Waals surface area contributed by atoms with Gasteiger partial charge < -0.3 is 20.1 Å². The highest BCUT2D eigenvalue weighted by atomic mass is 79.9. The number of fused-ring (bicyclic) bond motifs is 4. The third-order valence-electron chi connectivity index (χ3n) is 8.01. The molecule has 3 aromatic heterocycles. The molecular weight excluding hydrogens is 520 g/mol. The second kappa shape index (κ2) is 9.97. The van der Waals surface area contributed by atoms with Crippen LogP contribution in [0.3, 0.4) is 0 Å². The van der Waals surface area contributed by atoms with Crippen LogP contribution in [0.1, 0.15) is 56.4 Å². The number of piperazine rings is 1. The molecule has 3 aromatic rings. The summed E-state index contributed by atoms with van der Waals surface area (Å²) in [5.74, 6) is 1.19. The van der Waals surface area contributed by atoms with Crippen LogP contribution in [0.4, 0.5) is 17.5 Å². The van der Waals surface area contributed by atoms with Crippen LogP contribution in [0.15, 0.2) is 30.6 Å². The molecule has 0 radical (unpaired) electrons. The largest absolute Gasteiger partial charge is 0.368 e. The van der Waals surface area contributed by atoms with Crippen molar-refractivity contribution in [3.63, 3.8) is 0 Å². The van der Waals surface area contributed by atoms with Crippen molar-refractivity contribution < 1.29 is 4.79 Å². The van der Waals surface area contributed by atoms with Gasteiger partial charge in [0.05, 0.1) is 17.4 Å². The number of halogens is 1. The van der Waals surface area contributed by atoms with E-state index in [1.54, 1.807) is 0 Å². The summed E-state index contributed by atoms with van der Waals surface area (Å²) in [6.45, 7) is 9.36. The number of amides is 1. The molecule has 1 spiro atoms. The molecule has 1 saturated carbocycles. The minimum absolute atomic E-state index is 0. The van der Waals surface area contributed by atoms with E-state index in [-0.39, 0.29) is 28.4 Å². The normalized spacial score (nSPS) is 19.8. The Morgan fingerprint density at radius 3 is 2.50 bits per heavy atom. The Morgan fingerprint density at radius 2 is 1.81 bits per heavy atom. The van der Waals surface area contributed by atoms with E-state index < -0.39 is 0 Å². The SMILES string of the molecule is Br.CC(C)N1CCN(c2ccc(Nc3ncc4cc5n(c4n3)C3(CCCCC3)CNC5=O)nc2)CC1. The Balaban J connectivity index is 0.00000267. The summed E-state index contributed by atoms with van der Waals surface area (Å²) < 4.78 is 2.19. The number of aromatic nitrogens is 4. The molecule has 1 amide bonds. The van der Waals surface area contributed by atoms with E-state index in [1.165, 1.54) is 19.3 Å². The van der Waals surface area contributed by atoms with Gasteiger partial charge in [0.25, 0.3) is 5.91 Å². The predicted molar refractivity (Wildman–Crippen MR) is 148 cm³/mol. The lowest BCUT2D eigenvalue weighted by molar-refractivity contribution is 0.0833. The van der Waals surface area contributed by atoms with Gasteiger partial charge in [0.2, 0.25) is 5.95 Å². The smallest absolute Gasteiger partial charge is 0.268 e. The van der Waals surface area contributed by atoms with Gasteiger partial charge in [-0.1, -0.05) is 19.3 Å². The van der Waals surface area contributed by atoms with Crippen molar-refractivity contribution in [2.75, 3.05) is 42.9 Å². The average Bonchev–Trinajstić information content (AvgIpc) is 3.28. The first-order valence-corrected chi connectivity index (χ1v) is 12.9. The number of nitrogens with zero attached hydrogens (tertiary/aromatic N) is 6. The lowest BCUT2D eigenvalue weighted by atomic mass is 9.80. The van der Waals surface area contributed by atoms with Crippen molar-refractivity contribution in [2.24, 2.45) is 0 Å². The van der Waals surface area contributed by atoms with Crippen molar-refractivity contribution in [3.05, 3.63) is 36.3 Å². The molecule has 5 heterocycles. The first-order chi connectivity index (χ1) is 17.0. The van der Waals surface area contributed by atoms with Gasteiger partial charge in [-0.3, -0.25) is 9.69 Å². The summed E-state index contributed by atoms with van der Waals surface area (Å²) in [7, 11) is 0. The molecule has 1 saturated heterocycles. The zero-order chi connectivity index (χ0) is 24.0. The predicted octanol–water partition coefficient (Wildman–Crippen LogP) is 4.08. The van der Waals surface area contributed by atoms with Crippen molar-refractivity contribution in [3.8, 4) is 0 Å². The van der Waals surface area contributed by atoms with E-state index in [4.69, 9.17) is 4.98 Å². The number of carbonyl (C=O) groups is 1. The van der Waals surface area contributed by atoms with E-state index in [0.29, 0.717) is 30.0 Å². The van der Waals surface area contributed by atoms with Gasteiger partial charge in [-0.15, -0.1) is 17.0 Å². The van der Waals surface area contributed by atoms with Crippen molar-refractivity contribution in [1.29, 1.82) is 0 Å². The van der Waals surface area contributed by atoms with Crippen molar-refractivity contribution >= 4 is 51.4 Å². The van der Waals surface area contributed by atoms with Crippen molar-refractivity contribution in [1.82, 2.24) is 29.7 Å². The van der Waals surface area contributed by atoms with E-state index >= 15 is 0 Å². The maximum atomic E-state index is 12.7. The fourth-order valence-corrected chi connectivity index (χ4v) is 5.98. The number of hydrogen-bond acceptors (Lipinski definition) is 7. The van der Waals surface area contributed by atoms with Gasteiger partial charge >= 0.3 is 0 Å². The number of carbonyl (C=O) groups excluding carboxylic acids is 1. The van der Waals surface area contributed by atoms with Gasteiger partial charge in [0, 0.05) is 50.3 Å². The van der Waals surface area contributed by atoms with Gasteiger partial charge in [0.1, 0.15) is 17.2 Å². The molecule has 6 rings (SSSR count). The van der Waals surface area contributed by atoms with E-state index in [1.807, 2.05) is 24.5 Å². The van der Waals surface area contributed by atoms with Crippen LogP contribution in [0.25, 0.3) is 11.0 Å². The number of hydrogen-bond donors (Lipinski definition) is 2. The highest BCUT2D eigenvalue weighted by molar-refractivity contribution is 8.93.